The first kappa shape index (κ1) is 15.5. The summed E-state index contributed by atoms with van der Waals surface area (Å²) in [5.41, 5.74) is 2.34. The Morgan fingerprint density at radius 1 is 1.36 bits per heavy atom. The topological polar surface area (TPSA) is 38.8 Å². The normalized spacial score (nSPS) is 24.9. The summed E-state index contributed by atoms with van der Waals surface area (Å²) in [5, 5.41) is 0. The van der Waals surface area contributed by atoms with Crippen molar-refractivity contribution in [3.8, 4) is 0 Å². The van der Waals surface area contributed by atoms with Gasteiger partial charge in [-0.1, -0.05) is 25.1 Å². The summed E-state index contributed by atoms with van der Waals surface area (Å²) in [6.45, 7) is 5.40. The van der Waals surface area contributed by atoms with E-state index in [4.69, 9.17) is 9.47 Å². The van der Waals surface area contributed by atoms with E-state index in [1.54, 1.807) is 0 Å². The van der Waals surface area contributed by atoms with Crippen LogP contribution in [0.25, 0.3) is 0 Å². The Morgan fingerprint density at radius 2 is 2.23 bits per heavy atom. The van der Waals surface area contributed by atoms with Gasteiger partial charge >= 0.3 is 0 Å². The lowest BCUT2D eigenvalue weighted by Crippen LogP contribution is -2.35. The molecule has 0 radical (unpaired) electrons. The molecule has 0 aromatic heterocycles. The number of ether oxygens (including phenoxy) is 2. The monoisotopic (exact) mass is 303 g/mol. The Bertz CT molecular complexity index is 511. The fourth-order valence-corrected chi connectivity index (χ4v) is 3.35. The van der Waals surface area contributed by atoms with Crippen molar-refractivity contribution in [3.63, 3.8) is 0 Å². The van der Waals surface area contributed by atoms with E-state index in [0.29, 0.717) is 18.4 Å². The van der Waals surface area contributed by atoms with E-state index in [2.05, 4.69) is 25.1 Å². The molecule has 1 amide bonds. The third-order valence-electron chi connectivity index (χ3n) is 4.68. The number of anilines is 1. The number of benzene rings is 1. The molecule has 1 fully saturated rings. The number of amides is 1. The highest BCUT2D eigenvalue weighted by atomic mass is 16.5. The molecule has 22 heavy (non-hydrogen) atoms. The van der Waals surface area contributed by atoms with Crippen LogP contribution in [0.2, 0.25) is 0 Å². The maximum Gasteiger partial charge on any atom is 0.252 e. The van der Waals surface area contributed by atoms with Crippen molar-refractivity contribution in [2.45, 2.75) is 32.1 Å². The molecule has 2 unspecified atom stereocenters. The van der Waals surface area contributed by atoms with E-state index in [9.17, 15) is 4.79 Å². The van der Waals surface area contributed by atoms with Crippen molar-refractivity contribution < 1.29 is 14.3 Å². The van der Waals surface area contributed by atoms with Crippen LogP contribution in [-0.2, 0) is 14.3 Å². The van der Waals surface area contributed by atoms with Gasteiger partial charge in [-0.25, -0.2) is 0 Å². The third-order valence-corrected chi connectivity index (χ3v) is 4.68. The molecule has 2 heterocycles. The molecule has 0 aliphatic carbocycles. The van der Waals surface area contributed by atoms with E-state index in [-0.39, 0.29) is 12.5 Å². The molecular formula is C18H25NO3. The van der Waals surface area contributed by atoms with Crippen LogP contribution < -0.4 is 4.90 Å². The zero-order valence-corrected chi connectivity index (χ0v) is 13.3. The second-order valence-electron chi connectivity index (χ2n) is 6.39. The van der Waals surface area contributed by atoms with Gasteiger partial charge in [0.15, 0.2) is 0 Å². The maximum absolute atomic E-state index is 12.6. The van der Waals surface area contributed by atoms with Gasteiger partial charge in [-0.05, 0) is 36.8 Å². The lowest BCUT2D eigenvalue weighted by Gasteiger charge is -2.23. The minimum atomic E-state index is 0.0699. The molecule has 2 aliphatic heterocycles. The predicted octanol–water partition coefficient (Wildman–Crippen LogP) is 2.97. The summed E-state index contributed by atoms with van der Waals surface area (Å²) < 4.78 is 11.0. The van der Waals surface area contributed by atoms with E-state index in [1.807, 2.05) is 11.0 Å². The first-order chi connectivity index (χ1) is 10.8. The van der Waals surface area contributed by atoms with Crippen molar-refractivity contribution in [1.29, 1.82) is 0 Å². The standard InChI is InChI=1S/C18H25NO3/c1-14-5-4-9-19(17-7-3-2-6-16(14)17)18(20)13-22-12-15-8-10-21-11-15/h2-3,6-7,14-15H,4-5,8-13H2,1H3. The SMILES string of the molecule is CC1CCCN(C(=O)COCC2CCOC2)c2ccccc21. The van der Waals surface area contributed by atoms with Crippen LogP contribution in [0.3, 0.4) is 0 Å². The van der Waals surface area contributed by atoms with Crippen LogP contribution in [0.5, 0.6) is 0 Å². The summed E-state index contributed by atoms with van der Waals surface area (Å²) in [6, 6.07) is 8.26. The highest BCUT2D eigenvalue weighted by Crippen LogP contribution is 2.33. The van der Waals surface area contributed by atoms with E-state index >= 15 is 0 Å². The van der Waals surface area contributed by atoms with Gasteiger partial charge < -0.3 is 14.4 Å². The number of carbonyl (C=O) groups excluding carboxylic acids is 1. The van der Waals surface area contributed by atoms with E-state index in [0.717, 1.165) is 44.7 Å². The van der Waals surface area contributed by atoms with Gasteiger partial charge in [-0.2, -0.15) is 0 Å². The Morgan fingerprint density at radius 3 is 3.05 bits per heavy atom. The Labute approximate surface area is 132 Å². The minimum absolute atomic E-state index is 0.0699. The molecule has 2 atom stereocenters. The predicted molar refractivity (Wildman–Crippen MR) is 86.2 cm³/mol. The average Bonchev–Trinajstić information content (AvgIpc) is 2.98. The number of rotatable bonds is 4. The van der Waals surface area contributed by atoms with Crippen molar-refractivity contribution >= 4 is 11.6 Å². The number of fused-ring (bicyclic) bond motifs is 1. The summed E-state index contributed by atoms with van der Waals surface area (Å²) >= 11 is 0. The van der Waals surface area contributed by atoms with E-state index < -0.39 is 0 Å². The van der Waals surface area contributed by atoms with Crippen LogP contribution in [0.4, 0.5) is 5.69 Å². The zero-order chi connectivity index (χ0) is 15.4. The number of carbonyl (C=O) groups is 1. The first-order valence-electron chi connectivity index (χ1n) is 8.30. The van der Waals surface area contributed by atoms with Crippen molar-refractivity contribution in [1.82, 2.24) is 0 Å². The smallest absolute Gasteiger partial charge is 0.252 e. The quantitative estimate of drug-likeness (QED) is 0.858. The second-order valence-corrected chi connectivity index (χ2v) is 6.39. The molecule has 0 N–H and O–H groups in total. The van der Waals surface area contributed by atoms with Gasteiger partial charge in [0.05, 0.1) is 13.2 Å². The van der Waals surface area contributed by atoms with Gasteiger partial charge in [-0.3, -0.25) is 4.79 Å². The average molecular weight is 303 g/mol. The van der Waals surface area contributed by atoms with Gasteiger partial charge in [0.2, 0.25) is 0 Å². The molecular weight excluding hydrogens is 278 g/mol. The molecule has 0 saturated carbocycles. The number of hydrogen-bond donors (Lipinski definition) is 0. The van der Waals surface area contributed by atoms with Crippen LogP contribution in [0, 0.1) is 5.92 Å². The highest BCUT2D eigenvalue weighted by Gasteiger charge is 2.24. The van der Waals surface area contributed by atoms with Crippen LogP contribution in [0.1, 0.15) is 37.7 Å². The number of para-hydroxylation sites is 1. The zero-order valence-electron chi connectivity index (χ0n) is 13.3. The largest absolute Gasteiger partial charge is 0.381 e. The molecule has 3 rings (SSSR count). The number of nitrogens with zero attached hydrogens (tertiary/aromatic N) is 1. The molecule has 2 aliphatic rings. The van der Waals surface area contributed by atoms with Crippen LogP contribution in [-0.4, -0.2) is 38.9 Å². The fraction of sp³-hybridized carbons (Fsp3) is 0.611. The van der Waals surface area contributed by atoms with Crippen LogP contribution in [0.15, 0.2) is 24.3 Å². The van der Waals surface area contributed by atoms with Gasteiger partial charge in [0.1, 0.15) is 6.61 Å². The molecule has 1 aromatic rings. The molecule has 4 heteroatoms. The van der Waals surface area contributed by atoms with Crippen molar-refractivity contribution in [2.75, 3.05) is 37.9 Å². The molecule has 4 nitrogen and oxygen atoms in total. The molecule has 0 bridgehead atoms. The van der Waals surface area contributed by atoms with Gasteiger partial charge in [-0.15, -0.1) is 0 Å². The highest BCUT2D eigenvalue weighted by molar-refractivity contribution is 5.95. The molecule has 1 aromatic carbocycles. The molecule has 120 valence electrons. The lowest BCUT2D eigenvalue weighted by molar-refractivity contribution is -0.123. The Kier molecular flexibility index (Phi) is 5.11. The fourth-order valence-electron chi connectivity index (χ4n) is 3.35. The summed E-state index contributed by atoms with van der Waals surface area (Å²) in [5.74, 6) is 1.02. The Hall–Kier alpha value is -1.39. The number of hydrogen-bond acceptors (Lipinski definition) is 3. The second kappa shape index (κ2) is 7.25. The third kappa shape index (κ3) is 3.50. The summed E-state index contributed by atoms with van der Waals surface area (Å²) in [4.78, 5) is 14.5. The Balaban J connectivity index is 1.62. The van der Waals surface area contributed by atoms with E-state index in [1.165, 1.54) is 5.56 Å². The molecule has 0 spiro atoms. The van der Waals surface area contributed by atoms with Crippen molar-refractivity contribution in [2.24, 2.45) is 5.92 Å². The van der Waals surface area contributed by atoms with Crippen molar-refractivity contribution in [3.05, 3.63) is 29.8 Å². The first-order valence-corrected chi connectivity index (χ1v) is 8.30. The van der Waals surface area contributed by atoms with Crippen LogP contribution >= 0.6 is 0 Å². The maximum atomic E-state index is 12.6. The summed E-state index contributed by atoms with van der Waals surface area (Å²) in [7, 11) is 0. The summed E-state index contributed by atoms with van der Waals surface area (Å²) in [6.07, 6.45) is 3.21. The minimum Gasteiger partial charge on any atom is -0.381 e. The van der Waals surface area contributed by atoms with Gasteiger partial charge in [0, 0.05) is 24.8 Å². The lowest BCUT2D eigenvalue weighted by atomic mass is 9.96. The molecule has 1 saturated heterocycles. The van der Waals surface area contributed by atoms with Gasteiger partial charge in [0.25, 0.3) is 5.91 Å².